The molecule has 0 saturated carbocycles. The highest BCUT2D eigenvalue weighted by Gasteiger charge is 2.00. The van der Waals surface area contributed by atoms with E-state index >= 15 is 0 Å². The van der Waals surface area contributed by atoms with Crippen molar-refractivity contribution in [3.8, 4) is 0 Å². The van der Waals surface area contributed by atoms with E-state index in [9.17, 15) is 0 Å². The van der Waals surface area contributed by atoms with Gasteiger partial charge in [0.15, 0.2) is 0 Å². The molecule has 0 bridgehead atoms. The van der Waals surface area contributed by atoms with Gasteiger partial charge in [-0.3, -0.25) is 0 Å². The third kappa shape index (κ3) is 3.66. The average molecular weight is 353 g/mol. The fourth-order valence-corrected chi connectivity index (χ4v) is 1.88. The standard InChI is InChI=1S/C14H16IN3/c1-10(2)12-5-3-11(4-6-12)7-16-14-17-8-13(15)9-18-14/h3-6,8-10H,7H2,1-2H3,(H,16,17,18). The first-order valence-corrected chi connectivity index (χ1v) is 7.03. The molecule has 0 aliphatic carbocycles. The van der Waals surface area contributed by atoms with Crippen molar-refractivity contribution < 1.29 is 0 Å². The number of anilines is 1. The first-order chi connectivity index (χ1) is 8.65. The van der Waals surface area contributed by atoms with Crippen molar-refractivity contribution in [2.45, 2.75) is 26.3 Å². The van der Waals surface area contributed by atoms with E-state index in [0.29, 0.717) is 11.9 Å². The molecule has 18 heavy (non-hydrogen) atoms. The van der Waals surface area contributed by atoms with Crippen molar-refractivity contribution in [2.75, 3.05) is 5.32 Å². The number of nitrogens with one attached hydrogen (secondary N) is 1. The lowest BCUT2D eigenvalue weighted by Gasteiger charge is -2.08. The van der Waals surface area contributed by atoms with Crippen LogP contribution in [0.2, 0.25) is 0 Å². The molecule has 1 N–H and O–H groups in total. The quantitative estimate of drug-likeness (QED) is 0.850. The molecule has 2 rings (SSSR count). The van der Waals surface area contributed by atoms with Crippen molar-refractivity contribution in [3.05, 3.63) is 51.4 Å². The van der Waals surface area contributed by atoms with E-state index in [-0.39, 0.29) is 0 Å². The molecular formula is C14H16IN3. The highest BCUT2D eigenvalue weighted by molar-refractivity contribution is 14.1. The normalized spacial score (nSPS) is 10.7. The van der Waals surface area contributed by atoms with Gasteiger partial charge in [0.25, 0.3) is 0 Å². The smallest absolute Gasteiger partial charge is 0.222 e. The summed E-state index contributed by atoms with van der Waals surface area (Å²) in [7, 11) is 0. The molecule has 0 unspecified atom stereocenters. The van der Waals surface area contributed by atoms with Crippen LogP contribution in [-0.2, 0) is 6.54 Å². The lowest BCUT2D eigenvalue weighted by Crippen LogP contribution is -2.03. The summed E-state index contributed by atoms with van der Waals surface area (Å²) < 4.78 is 1.04. The lowest BCUT2D eigenvalue weighted by molar-refractivity contribution is 0.865. The van der Waals surface area contributed by atoms with Crippen LogP contribution in [0.3, 0.4) is 0 Å². The molecule has 1 heterocycles. The van der Waals surface area contributed by atoms with Crippen molar-refractivity contribution >= 4 is 28.5 Å². The van der Waals surface area contributed by atoms with Gasteiger partial charge in [0.1, 0.15) is 0 Å². The van der Waals surface area contributed by atoms with Crippen molar-refractivity contribution in [3.63, 3.8) is 0 Å². The van der Waals surface area contributed by atoms with Gasteiger partial charge in [-0.25, -0.2) is 9.97 Å². The number of nitrogens with zero attached hydrogens (tertiary/aromatic N) is 2. The van der Waals surface area contributed by atoms with Crippen LogP contribution >= 0.6 is 22.6 Å². The zero-order valence-electron chi connectivity index (χ0n) is 10.5. The second-order valence-corrected chi connectivity index (χ2v) is 5.72. The molecule has 0 amide bonds. The zero-order valence-corrected chi connectivity index (χ0v) is 12.7. The zero-order chi connectivity index (χ0) is 13.0. The first-order valence-electron chi connectivity index (χ1n) is 5.95. The van der Waals surface area contributed by atoms with Crippen LogP contribution in [0.1, 0.15) is 30.9 Å². The summed E-state index contributed by atoms with van der Waals surface area (Å²) in [5.74, 6) is 1.25. The van der Waals surface area contributed by atoms with Crippen molar-refractivity contribution in [2.24, 2.45) is 0 Å². The lowest BCUT2D eigenvalue weighted by atomic mass is 10.0. The third-order valence-electron chi connectivity index (χ3n) is 2.72. The van der Waals surface area contributed by atoms with Gasteiger partial charge < -0.3 is 5.32 Å². The summed E-state index contributed by atoms with van der Waals surface area (Å²) in [5, 5.41) is 3.21. The minimum Gasteiger partial charge on any atom is -0.350 e. The Balaban J connectivity index is 1.95. The summed E-state index contributed by atoms with van der Waals surface area (Å²) in [4.78, 5) is 8.42. The van der Waals surface area contributed by atoms with Gasteiger partial charge in [0, 0.05) is 22.5 Å². The Hall–Kier alpha value is -1.17. The van der Waals surface area contributed by atoms with Gasteiger partial charge in [0.05, 0.1) is 0 Å². The molecule has 1 aromatic heterocycles. The van der Waals surface area contributed by atoms with E-state index in [0.717, 1.165) is 10.1 Å². The SMILES string of the molecule is CC(C)c1ccc(CNc2ncc(I)cn2)cc1. The van der Waals surface area contributed by atoms with Gasteiger partial charge in [-0.1, -0.05) is 38.1 Å². The van der Waals surface area contributed by atoms with Gasteiger partial charge in [-0.15, -0.1) is 0 Å². The molecule has 0 radical (unpaired) electrons. The number of aromatic nitrogens is 2. The summed E-state index contributed by atoms with van der Waals surface area (Å²) in [6.07, 6.45) is 3.61. The first kappa shape index (κ1) is 13.3. The molecular weight excluding hydrogens is 337 g/mol. The summed E-state index contributed by atoms with van der Waals surface area (Å²) in [5.41, 5.74) is 2.60. The summed E-state index contributed by atoms with van der Waals surface area (Å²) in [6, 6.07) is 8.65. The van der Waals surface area contributed by atoms with E-state index in [1.165, 1.54) is 11.1 Å². The Morgan fingerprint density at radius 1 is 1.11 bits per heavy atom. The van der Waals surface area contributed by atoms with Crippen molar-refractivity contribution in [1.82, 2.24) is 9.97 Å². The van der Waals surface area contributed by atoms with Gasteiger partial charge >= 0.3 is 0 Å². The number of halogens is 1. The van der Waals surface area contributed by atoms with E-state index in [2.05, 4.69) is 76.0 Å². The molecule has 3 nitrogen and oxygen atoms in total. The largest absolute Gasteiger partial charge is 0.350 e. The van der Waals surface area contributed by atoms with Gasteiger partial charge in [-0.2, -0.15) is 0 Å². The predicted molar refractivity (Wildman–Crippen MR) is 82.6 cm³/mol. The van der Waals surface area contributed by atoms with Crippen LogP contribution in [0.25, 0.3) is 0 Å². The molecule has 0 atom stereocenters. The second kappa shape index (κ2) is 6.13. The average Bonchev–Trinajstić information content (AvgIpc) is 2.38. The van der Waals surface area contributed by atoms with Crippen LogP contribution in [0.5, 0.6) is 0 Å². The predicted octanol–water partition coefficient (Wildman–Crippen LogP) is 3.82. The maximum atomic E-state index is 4.21. The highest BCUT2D eigenvalue weighted by atomic mass is 127. The molecule has 1 aromatic carbocycles. The van der Waals surface area contributed by atoms with E-state index in [4.69, 9.17) is 0 Å². The monoisotopic (exact) mass is 353 g/mol. The molecule has 0 spiro atoms. The van der Waals surface area contributed by atoms with Crippen molar-refractivity contribution in [1.29, 1.82) is 0 Å². The second-order valence-electron chi connectivity index (χ2n) is 4.47. The number of benzene rings is 1. The van der Waals surface area contributed by atoms with Crippen LogP contribution in [0.4, 0.5) is 5.95 Å². The van der Waals surface area contributed by atoms with Crippen LogP contribution in [-0.4, -0.2) is 9.97 Å². The van der Waals surface area contributed by atoms with Gasteiger partial charge in [0.2, 0.25) is 5.95 Å². The maximum absolute atomic E-state index is 4.21. The van der Waals surface area contributed by atoms with Crippen LogP contribution in [0, 0.1) is 3.57 Å². The Bertz CT molecular complexity index is 491. The fraction of sp³-hybridized carbons (Fsp3) is 0.286. The topological polar surface area (TPSA) is 37.8 Å². The molecule has 94 valence electrons. The highest BCUT2D eigenvalue weighted by Crippen LogP contribution is 2.15. The number of hydrogen-bond donors (Lipinski definition) is 1. The molecule has 4 heteroatoms. The maximum Gasteiger partial charge on any atom is 0.222 e. The van der Waals surface area contributed by atoms with Crippen LogP contribution < -0.4 is 5.32 Å². The Morgan fingerprint density at radius 3 is 2.28 bits per heavy atom. The van der Waals surface area contributed by atoms with E-state index in [1.54, 1.807) is 12.4 Å². The number of rotatable bonds is 4. The minimum absolute atomic E-state index is 0.576. The third-order valence-corrected chi connectivity index (χ3v) is 3.27. The Labute approximate surface area is 121 Å². The Morgan fingerprint density at radius 2 is 1.72 bits per heavy atom. The van der Waals surface area contributed by atoms with E-state index < -0.39 is 0 Å². The fourth-order valence-electron chi connectivity index (χ4n) is 1.61. The molecule has 0 fully saturated rings. The minimum atomic E-state index is 0.576. The summed E-state index contributed by atoms with van der Waals surface area (Å²) >= 11 is 2.19. The molecule has 0 aliphatic rings. The molecule has 0 saturated heterocycles. The van der Waals surface area contributed by atoms with Crippen LogP contribution in [0.15, 0.2) is 36.7 Å². The molecule has 0 aliphatic heterocycles. The Kier molecular flexibility index (Phi) is 4.52. The number of hydrogen-bond acceptors (Lipinski definition) is 3. The van der Waals surface area contributed by atoms with Gasteiger partial charge in [-0.05, 0) is 39.6 Å². The molecule has 2 aromatic rings. The van der Waals surface area contributed by atoms with E-state index in [1.807, 2.05) is 0 Å². The summed E-state index contributed by atoms with van der Waals surface area (Å²) in [6.45, 7) is 5.15.